The van der Waals surface area contributed by atoms with Crippen LogP contribution in [0.1, 0.15) is 19.4 Å². The molecule has 19 heavy (non-hydrogen) atoms. The molecule has 2 N–H and O–H groups in total. The van der Waals surface area contributed by atoms with Gasteiger partial charge in [-0.05, 0) is 17.7 Å². The van der Waals surface area contributed by atoms with Crippen molar-refractivity contribution in [2.45, 2.75) is 19.3 Å². The number of esters is 1. The van der Waals surface area contributed by atoms with E-state index in [0.29, 0.717) is 6.54 Å². The average molecular weight is 261 g/mol. The lowest BCUT2D eigenvalue weighted by Crippen LogP contribution is -2.36. The number of benzene rings is 1. The van der Waals surface area contributed by atoms with E-state index < -0.39 is 0 Å². The van der Waals surface area contributed by atoms with Crippen LogP contribution in [0.15, 0.2) is 24.5 Å². The van der Waals surface area contributed by atoms with Crippen LogP contribution in [0.25, 0.3) is 11.0 Å². The van der Waals surface area contributed by atoms with Gasteiger partial charge in [0.1, 0.15) is 0 Å². The smallest absolute Gasteiger partial charge is 0.319 e. The number of nitrogens with one attached hydrogen (secondary N) is 2. The number of aromatic nitrogens is 2. The highest BCUT2D eigenvalue weighted by Gasteiger charge is 2.21. The fraction of sp³-hybridized carbons (Fsp3) is 0.429. The molecule has 0 radical (unpaired) electrons. The van der Waals surface area contributed by atoms with Gasteiger partial charge >= 0.3 is 5.97 Å². The standard InChI is InChI=1S/C14H19N3O2/c1-14(2,8-15-7-13(18)19-3)10-4-5-11-12(6-10)17-9-16-11/h4-6,9,15H,7-8H2,1-3H3,(H,16,17). The topological polar surface area (TPSA) is 67.0 Å². The van der Waals surface area contributed by atoms with E-state index in [0.717, 1.165) is 11.0 Å². The van der Waals surface area contributed by atoms with Crippen molar-refractivity contribution in [1.82, 2.24) is 15.3 Å². The van der Waals surface area contributed by atoms with Crippen LogP contribution in [-0.4, -0.2) is 36.1 Å². The van der Waals surface area contributed by atoms with Crippen LogP contribution in [0, 0.1) is 0 Å². The Labute approximate surface area is 112 Å². The van der Waals surface area contributed by atoms with E-state index in [9.17, 15) is 4.79 Å². The Bertz CT molecular complexity index is 575. The van der Waals surface area contributed by atoms with Crippen LogP contribution in [-0.2, 0) is 14.9 Å². The van der Waals surface area contributed by atoms with Crippen LogP contribution in [0.4, 0.5) is 0 Å². The molecule has 102 valence electrons. The summed E-state index contributed by atoms with van der Waals surface area (Å²) < 4.78 is 4.60. The summed E-state index contributed by atoms with van der Waals surface area (Å²) in [7, 11) is 1.39. The number of hydrogen-bond donors (Lipinski definition) is 2. The zero-order chi connectivity index (χ0) is 13.9. The number of imidazole rings is 1. The number of ether oxygens (including phenoxy) is 1. The minimum Gasteiger partial charge on any atom is -0.468 e. The van der Waals surface area contributed by atoms with Crippen LogP contribution in [0.5, 0.6) is 0 Å². The maximum Gasteiger partial charge on any atom is 0.319 e. The Morgan fingerprint density at radius 2 is 2.26 bits per heavy atom. The summed E-state index contributed by atoms with van der Waals surface area (Å²) in [5.41, 5.74) is 3.11. The lowest BCUT2D eigenvalue weighted by atomic mass is 9.84. The summed E-state index contributed by atoms with van der Waals surface area (Å²) >= 11 is 0. The maximum absolute atomic E-state index is 11.1. The highest BCUT2D eigenvalue weighted by molar-refractivity contribution is 5.75. The summed E-state index contributed by atoms with van der Waals surface area (Å²) in [6.07, 6.45) is 1.69. The molecule has 0 aliphatic rings. The quantitative estimate of drug-likeness (QED) is 0.802. The number of hydrogen-bond acceptors (Lipinski definition) is 4. The molecule has 5 nitrogen and oxygen atoms in total. The second-order valence-electron chi connectivity index (χ2n) is 5.20. The molecule has 0 unspecified atom stereocenters. The molecule has 0 fully saturated rings. The minimum absolute atomic E-state index is 0.0761. The molecule has 5 heteroatoms. The van der Waals surface area contributed by atoms with Crippen LogP contribution < -0.4 is 5.32 Å². The van der Waals surface area contributed by atoms with Gasteiger partial charge in [0, 0.05) is 12.0 Å². The molecule has 0 spiro atoms. The van der Waals surface area contributed by atoms with Crippen molar-refractivity contribution in [2.24, 2.45) is 0 Å². The molecule has 1 aromatic heterocycles. The number of fused-ring (bicyclic) bond motifs is 1. The van der Waals surface area contributed by atoms with Crippen molar-refractivity contribution in [3.05, 3.63) is 30.1 Å². The van der Waals surface area contributed by atoms with E-state index in [2.05, 4.69) is 46.0 Å². The molecule has 0 bridgehead atoms. The fourth-order valence-corrected chi connectivity index (χ4v) is 2.01. The molecule has 0 amide bonds. The molecule has 0 atom stereocenters. The van der Waals surface area contributed by atoms with Gasteiger partial charge in [-0.15, -0.1) is 0 Å². The molecular formula is C14H19N3O2. The van der Waals surface area contributed by atoms with Gasteiger partial charge in [0.05, 0.1) is 31.0 Å². The second kappa shape index (κ2) is 5.40. The summed E-state index contributed by atoms with van der Waals surface area (Å²) in [6.45, 7) is 5.19. The van der Waals surface area contributed by atoms with Crippen LogP contribution in [0.3, 0.4) is 0 Å². The van der Waals surface area contributed by atoms with Gasteiger partial charge in [0.2, 0.25) is 0 Å². The first-order valence-corrected chi connectivity index (χ1v) is 6.24. The second-order valence-corrected chi connectivity index (χ2v) is 5.20. The van der Waals surface area contributed by atoms with E-state index in [4.69, 9.17) is 0 Å². The lowest BCUT2D eigenvalue weighted by Gasteiger charge is -2.25. The van der Waals surface area contributed by atoms with Gasteiger partial charge < -0.3 is 15.0 Å². The molecule has 0 saturated carbocycles. The molecule has 2 rings (SSSR count). The molecule has 2 aromatic rings. The van der Waals surface area contributed by atoms with Crippen LogP contribution >= 0.6 is 0 Å². The van der Waals surface area contributed by atoms with Crippen molar-refractivity contribution >= 4 is 17.0 Å². The summed E-state index contributed by atoms with van der Waals surface area (Å²) in [5, 5.41) is 3.12. The molecular weight excluding hydrogens is 242 g/mol. The monoisotopic (exact) mass is 261 g/mol. The first kappa shape index (κ1) is 13.5. The molecule has 0 aliphatic carbocycles. The predicted molar refractivity (Wildman–Crippen MR) is 74.0 cm³/mol. The Morgan fingerprint density at radius 3 is 3.00 bits per heavy atom. The van der Waals surface area contributed by atoms with Gasteiger partial charge in [-0.25, -0.2) is 4.98 Å². The number of rotatable bonds is 5. The summed E-state index contributed by atoms with van der Waals surface area (Å²) in [5.74, 6) is -0.250. The number of carbonyl (C=O) groups excluding carboxylic acids is 1. The molecule has 1 heterocycles. The Morgan fingerprint density at radius 1 is 1.47 bits per heavy atom. The van der Waals surface area contributed by atoms with Crippen molar-refractivity contribution < 1.29 is 9.53 Å². The van der Waals surface area contributed by atoms with E-state index in [-0.39, 0.29) is 17.9 Å². The zero-order valence-corrected chi connectivity index (χ0v) is 11.5. The van der Waals surface area contributed by atoms with E-state index >= 15 is 0 Å². The largest absolute Gasteiger partial charge is 0.468 e. The van der Waals surface area contributed by atoms with E-state index in [1.807, 2.05) is 6.07 Å². The van der Waals surface area contributed by atoms with Crippen molar-refractivity contribution in [3.8, 4) is 0 Å². The fourth-order valence-electron chi connectivity index (χ4n) is 2.01. The first-order chi connectivity index (χ1) is 9.03. The SMILES string of the molecule is COC(=O)CNCC(C)(C)c1ccc2nc[nH]c2c1. The van der Waals surface area contributed by atoms with E-state index in [1.54, 1.807) is 6.33 Å². The number of H-pyrrole nitrogens is 1. The first-order valence-electron chi connectivity index (χ1n) is 6.24. The Hall–Kier alpha value is -1.88. The van der Waals surface area contributed by atoms with Crippen LogP contribution in [0.2, 0.25) is 0 Å². The normalized spacial score (nSPS) is 11.7. The third-order valence-corrected chi connectivity index (χ3v) is 3.27. The van der Waals surface area contributed by atoms with Gasteiger partial charge in [0.25, 0.3) is 0 Å². The molecule has 0 saturated heterocycles. The third-order valence-electron chi connectivity index (χ3n) is 3.27. The molecule has 0 aliphatic heterocycles. The Kier molecular flexibility index (Phi) is 3.85. The minimum atomic E-state index is -0.250. The highest BCUT2D eigenvalue weighted by atomic mass is 16.5. The third kappa shape index (κ3) is 3.12. The van der Waals surface area contributed by atoms with Gasteiger partial charge in [-0.2, -0.15) is 0 Å². The van der Waals surface area contributed by atoms with Crippen molar-refractivity contribution in [1.29, 1.82) is 0 Å². The highest BCUT2D eigenvalue weighted by Crippen LogP contribution is 2.24. The zero-order valence-electron chi connectivity index (χ0n) is 11.5. The number of nitrogens with zero attached hydrogens (tertiary/aromatic N) is 1. The van der Waals surface area contributed by atoms with Gasteiger partial charge in [-0.1, -0.05) is 19.9 Å². The summed E-state index contributed by atoms with van der Waals surface area (Å²) in [4.78, 5) is 18.4. The lowest BCUT2D eigenvalue weighted by molar-refractivity contribution is -0.139. The maximum atomic E-state index is 11.1. The van der Waals surface area contributed by atoms with Crippen molar-refractivity contribution in [2.75, 3.05) is 20.2 Å². The summed E-state index contributed by atoms with van der Waals surface area (Å²) in [6, 6.07) is 6.17. The number of carbonyl (C=O) groups is 1. The molecule has 1 aromatic carbocycles. The van der Waals surface area contributed by atoms with Crippen molar-refractivity contribution in [3.63, 3.8) is 0 Å². The predicted octanol–water partition coefficient (Wildman–Crippen LogP) is 1.60. The van der Waals surface area contributed by atoms with E-state index in [1.165, 1.54) is 12.7 Å². The van der Waals surface area contributed by atoms with Gasteiger partial charge in [0.15, 0.2) is 0 Å². The number of methoxy groups -OCH3 is 1. The van der Waals surface area contributed by atoms with Gasteiger partial charge in [-0.3, -0.25) is 4.79 Å². The Balaban J connectivity index is 2.07. The number of aromatic amines is 1. The average Bonchev–Trinajstić information content (AvgIpc) is 2.85.